The number of benzene rings is 1. The Morgan fingerprint density at radius 3 is 2.53 bits per heavy atom. The maximum absolute atomic E-state index is 6.16. The number of halogens is 2. The first-order valence-corrected chi connectivity index (χ1v) is 6.56. The van der Waals surface area contributed by atoms with Crippen LogP contribution in [0.5, 0.6) is 0 Å². The van der Waals surface area contributed by atoms with Crippen LogP contribution < -0.4 is 4.90 Å². The van der Waals surface area contributed by atoms with Gasteiger partial charge in [-0.25, -0.2) is 0 Å². The van der Waals surface area contributed by atoms with Crippen LogP contribution in [0, 0.1) is 6.92 Å². The van der Waals surface area contributed by atoms with Crippen LogP contribution in [0.3, 0.4) is 0 Å². The molecule has 1 saturated heterocycles. The van der Waals surface area contributed by atoms with Gasteiger partial charge in [0.1, 0.15) is 0 Å². The van der Waals surface area contributed by atoms with Gasteiger partial charge >= 0.3 is 0 Å². The maximum Gasteiger partial charge on any atom is 0.0525 e. The summed E-state index contributed by atoms with van der Waals surface area (Å²) in [5.41, 5.74) is 2.37. The second-order valence-corrected chi connectivity index (χ2v) is 5.36. The number of rotatable bonds is 1. The van der Waals surface area contributed by atoms with Gasteiger partial charge in [-0.1, -0.05) is 11.6 Å². The van der Waals surface area contributed by atoms with Crippen LogP contribution in [0.1, 0.15) is 24.8 Å². The highest BCUT2D eigenvalue weighted by Crippen LogP contribution is 2.33. The first kappa shape index (κ1) is 11.3. The molecule has 0 amide bonds. The fraction of sp³-hybridized carbons (Fsp3) is 0.500. The Kier molecular flexibility index (Phi) is 3.57. The minimum atomic E-state index is 0.860. The van der Waals surface area contributed by atoms with Crippen molar-refractivity contribution in [1.29, 1.82) is 0 Å². The zero-order valence-corrected chi connectivity index (χ0v) is 11.2. The molecule has 15 heavy (non-hydrogen) atoms. The third-order valence-corrected chi connectivity index (χ3v) is 3.97. The van der Waals surface area contributed by atoms with Gasteiger partial charge < -0.3 is 4.90 Å². The Labute approximate surface area is 105 Å². The predicted octanol–water partition coefficient (Wildman–Crippen LogP) is 4.40. The van der Waals surface area contributed by atoms with Crippen molar-refractivity contribution in [1.82, 2.24) is 0 Å². The van der Waals surface area contributed by atoms with E-state index in [-0.39, 0.29) is 0 Å². The monoisotopic (exact) mass is 287 g/mol. The number of aryl methyl sites for hydroxylation is 1. The van der Waals surface area contributed by atoms with Gasteiger partial charge in [0.2, 0.25) is 0 Å². The molecule has 0 spiro atoms. The minimum Gasteiger partial charge on any atom is -0.371 e. The second kappa shape index (κ2) is 4.75. The summed E-state index contributed by atoms with van der Waals surface area (Å²) in [6.45, 7) is 4.34. The molecule has 0 aromatic heterocycles. The summed E-state index contributed by atoms with van der Waals surface area (Å²) >= 11 is 9.77. The molecule has 1 aromatic rings. The van der Waals surface area contributed by atoms with Gasteiger partial charge in [-0.3, -0.25) is 0 Å². The molecular weight excluding hydrogens is 273 g/mol. The molecule has 0 atom stereocenters. The molecule has 0 bridgehead atoms. The van der Waals surface area contributed by atoms with Gasteiger partial charge in [0, 0.05) is 22.6 Å². The minimum absolute atomic E-state index is 0.860. The average Bonchev–Trinajstić information content (AvgIpc) is 2.25. The molecule has 1 aliphatic rings. The fourth-order valence-electron chi connectivity index (χ4n) is 2.01. The van der Waals surface area contributed by atoms with Crippen LogP contribution in [0.15, 0.2) is 16.6 Å². The first-order valence-electron chi connectivity index (χ1n) is 5.39. The number of hydrogen-bond acceptors (Lipinski definition) is 1. The molecule has 3 heteroatoms. The fourth-order valence-corrected chi connectivity index (χ4v) is 2.88. The quantitative estimate of drug-likeness (QED) is 0.740. The third kappa shape index (κ3) is 2.48. The van der Waals surface area contributed by atoms with Crippen LogP contribution in [-0.2, 0) is 0 Å². The molecule has 1 fully saturated rings. The van der Waals surface area contributed by atoms with Gasteiger partial charge in [0.15, 0.2) is 0 Å². The van der Waals surface area contributed by atoms with Crippen LogP contribution in [0.4, 0.5) is 5.69 Å². The van der Waals surface area contributed by atoms with Crippen molar-refractivity contribution in [2.45, 2.75) is 26.2 Å². The zero-order chi connectivity index (χ0) is 10.8. The molecule has 1 aromatic carbocycles. The molecule has 1 heterocycles. The van der Waals surface area contributed by atoms with E-state index in [1.54, 1.807) is 0 Å². The number of hydrogen-bond donors (Lipinski definition) is 0. The van der Waals surface area contributed by atoms with Crippen LogP contribution >= 0.6 is 27.5 Å². The maximum atomic E-state index is 6.16. The highest BCUT2D eigenvalue weighted by Gasteiger charge is 2.14. The lowest BCUT2D eigenvalue weighted by atomic mass is 10.1. The standard InChI is InChI=1S/C12H15BrClN/c1-9-7-10(13)12(8-11(9)14)15-5-3-2-4-6-15/h7-8H,2-6H2,1H3. The van der Waals surface area contributed by atoms with E-state index in [4.69, 9.17) is 11.6 Å². The van der Waals surface area contributed by atoms with Crippen LogP contribution in [0.2, 0.25) is 5.02 Å². The van der Waals surface area contributed by atoms with Crippen molar-refractivity contribution in [2.75, 3.05) is 18.0 Å². The lowest BCUT2D eigenvalue weighted by molar-refractivity contribution is 0.577. The van der Waals surface area contributed by atoms with Crippen molar-refractivity contribution in [3.8, 4) is 0 Å². The van der Waals surface area contributed by atoms with E-state index in [1.165, 1.54) is 24.9 Å². The Bertz CT molecular complexity index is 359. The summed E-state index contributed by atoms with van der Waals surface area (Å²) < 4.78 is 1.16. The summed E-state index contributed by atoms with van der Waals surface area (Å²) in [6, 6.07) is 4.18. The molecule has 0 unspecified atom stereocenters. The van der Waals surface area contributed by atoms with Gasteiger partial charge in [-0.2, -0.15) is 0 Å². The van der Waals surface area contributed by atoms with E-state index in [1.807, 2.05) is 6.92 Å². The third-order valence-electron chi connectivity index (χ3n) is 2.92. The Morgan fingerprint density at radius 1 is 1.20 bits per heavy atom. The van der Waals surface area contributed by atoms with Gasteiger partial charge in [-0.15, -0.1) is 0 Å². The summed E-state index contributed by atoms with van der Waals surface area (Å²) in [4.78, 5) is 2.42. The van der Waals surface area contributed by atoms with Gasteiger partial charge in [-0.05, 0) is 59.8 Å². The van der Waals surface area contributed by atoms with Crippen molar-refractivity contribution in [3.63, 3.8) is 0 Å². The SMILES string of the molecule is Cc1cc(Br)c(N2CCCCC2)cc1Cl. The zero-order valence-electron chi connectivity index (χ0n) is 8.89. The normalized spacial score (nSPS) is 16.9. The summed E-state index contributed by atoms with van der Waals surface area (Å²) in [5, 5.41) is 0.860. The van der Waals surface area contributed by atoms with E-state index in [0.29, 0.717) is 0 Å². The Morgan fingerprint density at radius 2 is 1.87 bits per heavy atom. The molecule has 0 radical (unpaired) electrons. The lowest BCUT2D eigenvalue weighted by Crippen LogP contribution is -2.29. The molecule has 1 aliphatic heterocycles. The summed E-state index contributed by atoms with van der Waals surface area (Å²) in [7, 11) is 0. The highest BCUT2D eigenvalue weighted by molar-refractivity contribution is 9.10. The average molecular weight is 289 g/mol. The van der Waals surface area contributed by atoms with Crippen molar-refractivity contribution >= 4 is 33.2 Å². The van der Waals surface area contributed by atoms with Crippen LogP contribution in [0.25, 0.3) is 0 Å². The smallest absolute Gasteiger partial charge is 0.0525 e. The molecule has 0 saturated carbocycles. The number of nitrogens with zero attached hydrogens (tertiary/aromatic N) is 1. The Hall–Kier alpha value is -0.210. The topological polar surface area (TPSA) is 3.24 Å². The number of piperidine rings is 1. The Balaban J connectivity index is 2.30. The highest BCUT2D eigenvalue weighted by atomic mass is 79.9. The van der Waals surface area contributed by atoms with Crippen molar-refractivity contribution < 1.29 is 0 Å². The van der Waals surface area contributed by atoms with E-state index >= 15 is 0 Å². The van der Waals surface area contributed by atoms with Crippen LogP contribution in [-0.4, -0.2) is 13.1 Å². The van der Waals surface area contributed by atoms with E-state index in [0.717, 1.165) is 28.1 Å². The van der Waals surface area contributed by atoms with Gasteiger partial charge in [0.05, 0.1) is 5.69 Å². The van der Waals surface area contributed by atoms with Gasteiger partial charge in [0.25, 0.3) is 0 Å². The molecular formula is C12H15BrClN. The molecule has 1 nitrogen and oxygen atoms in total. The molecule has 2 rings (SSSR count). The molecule has 0 N–H and O–H groups in total. The number of anilines is 1. The van der Waals surface area contributed by atoms with Crippen molar-refractivity contribution in [2.24, 2.45) is 0 Å². The molecule has 82 valence electrons. The van der Waals surface area contributed by atoms with E-state index < -0.39 is 0 Å². The second-order valence-electron chi connectivity index (χ2n) is 4.10. The predicted molar refractivity (Wildman–Crippen MR) is 70.0 cm³/mol. The summed E-state index contributed by atoms with van der Waals surface area (Å²) in [6.07, 6.45) is 3.93. The summed E-state index contributed by atoms with van der Waals surface area (Å²) in [5.74, 6) is 0. The largest absolute Gasteiger partial charge is 0.371 e. The van der Waals surface area contributed by atoms with Crippen molar-refractivity contribution in [3.05, 3.63) is 27.2 Å². The van der Waals surface area contributed by atoms with E-state index in [9.17, 15) is 0 Å². The lowest BCUT2D eigenvalue weighted by Gasteiger charge is -2.30. The molecule has 0 aliphatic carbocycles. The first-order chi connectivity index (χ1) is 7.18. The van der Waals surface area contributed by atoms with E-state index in [2.05, 4.69) is 33.0 Å².